The lowest BCUT2D eigenvalue weighted by Crippen LogP contribution is -2.22. The minimum atomic E-state index is -0.462. The number of hydrogen-bond donors (Lipinski definition) is 0. The predicted molar refractivity (Wildman–Crippen MR) is 127 cm³/mol. The maximum absolute atomic E-state index is 11.8. The Morgan fingerprint density at radius 1 is 1.18 bits per heavy atom. The molecule has 0 fully saturated rings. The van der Waals surface area contributed by atoms with Crippen LogP contribution in [0.15, 0.2) is 71.0 Å². The summed E-state index contributed by atoms with van der Waals surface area (Å²) < 4.78 is 11.0. The molecule has 4 rings (SSSR count). The minimum Gasteiger partial charge on any atom is -0.489 e. The van der Waals surface area contributed by atoms with Crippen LogP contribution in [0.5, 0.6) is 5.75 Å². The van der Waals surface area contributed by atoms with Crippen molar-refractivity contribution in [3.8, 4) is 5.75 Å². The Morgan fingerprint density at radius 3 is 2.82 bits per heavy atom. The number of halogens is 1. The van der Waals surface area contributed by atoms with Crippen LogP contribution in [0.3, 0.4) is 0 Å². The molecule has 0 bridgehead atoms. The Labute approximate surface area is 196 Å². The number of carbonyl (C=O) groups is 1. The quantitative estimate of drug-likeness (QED) is 0.248. The van der Waals surface area contributed by atoms with Gasteiger partial charge in [-0.05, 0) is 41.5 Å². The summed E-state index contributed by atoms with van der Waals surface area (Å²) in [4.78, 5) is 22.6. The second kappa shape index (κ2) is 10.8. The molecule has 3 aromatic carbocycles. The van der Waals surface area contributed by atoms with E-state index >= 15 is 0 Å². The van der Waals surface area contributed by atoms with Crippen LogP contribution in [0, 0.1) is 0 Å². The highest BCUT2D eigenvalue weighted by Crippen LogP contribution is 2.27. The Bertz CT molecular complexity index is 1180. The summed E-state index contributed by atoms with van der Waals surface area (Å²) in [5.41, 5.74) is 2.01. The molecule has 0 saturated heterocycles. The van der Waals surface area contributed by atoms with Gasteiger partial charge in [0.15, 0.2) is 11.8 Å². The largest absolute Gasteiger partial charge is 0.489 e. The van der Waals surface area contributed by atoms with Crippen LogP contribution < -0.4 is 4.74 Å². The second-order valence-corrected chi connectivity index (χ2v) is 7.77. The SMILES string of the molecule is CCOC(=O)C1=NOC(COc2ccc3ccccc3c2/C=N\OCc2ccc(Cl)cc2)C1. The van der Waals surface area contributed by atoms with Crippen molar-refractivity contribution in [1.29, 1.82) is 0 Å². The van der Waals surface area contributed by atoms with Crippen LogP contribution in [0.1, 0.15) is 24.5 Å². The molecule has 3 aromatic rings. The van der Waals surface area contributed by atoms with Crippen molar-refractivity contribution in [1.82, 2.24) is 0 Å². The Hall–Kier alpha value is -3.58. The van der Waals surface area contributed by atoms with E-state index in [2.05, 4.69) is 10.3 Å². The van der Waals surface area contributed by atoms with Gasteiger partial charge in [-0.15, -0.1) is 0 Å². The number of carbonyl (C=O) groups excluding carboxylic acids is 1. The number of fused-ring (bicyclic) bond motifs is 1. The molecule has 1 aliphatic heterocycles. The van der Waals surface area contributed by atoms with Crippen molar-refractivity contribution in [2.24, 2.45) is 10.3 Å². The molecule has 0 N–H and O–H groups in total. The number of hydrogen-bond acceptors (Lipinski definition) is 7. The fraction of sp³-hybridized carbons (Fsp3) is 0.240. The van der Waals surface area contributed by atoms with Gasteiger partial charge in [-0.3, -0.25) is 0 Å². The number of oxime groups is 2. The van der Waals surface area contributed by atoms with Crippen LogP contribution in [0.2, 0.25) is 5.02 Å². The summed E-state index contributed by atoms with van der Waals surface area (Å²) >= 11 is 5.92. The third-order valence-corrected chi connectivity index (χ3v) is 5.25. The molecule has 0 aliphatic carbocycles. The summed E-state index contributed by atoms with van der Waals surface area (Å²) in [5.74, 6) is 0.164. The molecule has 0 aromatic heterocycles. The van der Waals surface area contributed by atoms with Gasteiger partial charge in [0.2, 0.25) is 0 Å². The van der Waals surface area contributed by atoms with Crippen molar-refractivity contribution >= 4 is 40.3 Å². The first-order valence-corrected chi connectivity index (χ1v) is 11.0. The fourth-order valence-electron chi connectivity index (χ4n) is 3.35. The van der Waals surface area contributed by atoms with E-state index in [9.17, 15) is 4.79 Å². The van der Waals surface area contributed by atoms with Gasteiger partial charge in [0.25, 0.3) is 0 Å². The maximum atomic E-state index is 11.8. The zero-order valence-corrected chi connectivity index (χ0v) is 18.8. The van der Waals surface area contributed by atoms with Gasteiger partial charge in [-0.2, -0.15) is 0 Å². The average Bonchev–Trinajstić information content (AvgIpc) is 3.31. The van der Waals surface area contributed by atoms with Crippen LogP contribution >= 0.6 is 11.6 Å². The number of esters is 1. The third-order valence-electron chi connectivity index (χ3n) is 5.00. The number of benzene rings is 3. The van der Waals surface area contributed by atoms with Crippen LogP contribution in [0.4, 0.5) is 0 Å². The molecule has 33 heavy (non-hydrogen) atoms. The Morgan fingerprint density at radius 2 is 2.00 bits per heavy atom. The predicted octanol–water partition coefficient (Wildman–Crippen LogP) is 5.13. The van der Waals surface area contributed by atoms with Crippen molar-refractivity contribution in [3.05, 3.63) is 76.8 Å². The first-order chi connectivity index (χ1) is 16.1. The van der Waals surface area contributed by atoms with Gasteiger partial charge in [0.1, 0.15) is 19.0 Å². The highest BCUT2D eigenvalue weighted by molar-refractivity contribution is 6.36. The van der Waals surface area contributed by atoms with Crippen molar-refractivity contribution in [2.45, 2.75) is 26.1 Å². The molecule has 0 amide bonds. The molecule has 170 valence electrons. The highest BCUT2D eigenvalue weighted by atomic mass is 35.5. The van der Waals surface area contributed by atoms with Crippen molar-refractivity contribution in [2.75, 3.05) is 13.2 Å². The van der Waals surface area contributed by atoms with Gasteiger partial charge >= 0.3 is 5.97 Å². The van der Waals surface area contributed by atoms with Crippen molar-refractivity contribution < 1.29 is 23.9 Å². The standard InChI is InChI=1S/C25H23ClN2O5/c1-2-30-25(29)23-13-20(33-28-23)16-31-24-12-9-18-5-3-4-6-21(18)22(24)14-27-32-15-17-7-10-19(26)11-8-17/h3-12,14,20H,2,13,15-16H2,1H3/b27-14-. The van der Waals surface area contributed by atoms with Gasteiger partial charge in [-0.25, -0.2) is 4.79 Å². The molecule has 1 heterocycles. The third kappa shape index (κ3) is 5.81. The van der Waals surface area contributed by atoms with Gasteiger partial charge in [0, 0.05) is 17.0 Å². The lowest BCUT2D eigenvalue weighted by Gasteiger charge is -2.14. The molecule has 1 atom stereocenters. The van der Waals surface area contributed by atoms with Crippen LogP contribution in [0.25, 0.3) is 10.8 Å². The lowest BCUT2D eigenvalue weighted by molar-refractivity contribution is -0.135. The van der Waals surface area contributed by atoms with Gasteiger partial charge in [0.05, 0.1) is 12.8 Å². The van der Waals surface area contributed by atoms with Crippen molar-refractivity contribution in [3.63, 3.8) is 0 Å². The van der Waals surface area contributed by atoms with Crippen LogP contribution in [-0.4, -0.2) is 37.2 Å². The maximum Gasteiger partial charge on any atom is 0.356 e. The first-order valence-electron chi connectivity index (χ1n) is 10.6. The lowest BCUT2D eigenvalue weighted by atomic mass is 10.0. The smallest absolute Gasteiger partial charge is 0.356 e. The molecule has 0 radical (unpaired) electrons. The van der Waals surface area contributed by atoms with Gasteiger partial charge < -0.3 is 19.1 Å². The number of nitrogens with zero attached hydrogens (tertiary/aromatic N) is 2. The summed E-state index contributed by atoms with van der Waals surface area (Å²) in [6.45, 7) is 2.57. The summed E-state index contributed by atoms with van der Waals surface area (Å²) in [6, 6.07) is 19.2. The van der Waals surface area contributed by atoms with E-state index in [0.717, 1.165) is 21.9 Å². The van der Waals surface area contributed by atoms with E-state index in [1.807, 2.05) is 60.7 Å². The Kier molecular flexibility index (Phi) is 7.42. The average molecular weight is 467 g/mol. The topological polar surface area (TPSA) is 78.7 Å². The van der Waals surface area contributed by atoms with Gasteiger partial charge in [-0.1, -0.05) is 64.4 Å². The summed E-state index contributed by atoms with van der Waals surface area (Å²) in [5, 5.41) is 10.7. The van der Waals surface area contributed by atoms with Crippen LogP contribution in [-0.2, 0) is 25.8 Å². The molecule has 1 aliphatic rings. The zero-order valence-electron chi connectivity index (χ0n) is 18.1. The monoisotopic (exact) mass is 466 g/mol. The fourth-order valence-corrected chi connectivity index (χ4v) is 3.48. The van der Waals surface area contributed by atoms with E-state index in [1.54, 1.807) is 13.1 Å². The molecule has 8 heteroatoms. The van der Waals surface area contributed by atoms with E-state index in [4.69, 9.17) is 30.7 Å². The van der Waals surface area contributed by atoms with E-state index in [1.165, 1.54) is 0 Å². The number of ether oxygens (including phenoxy) is 2. The highest BCUT2D eigenvalue weighted by Gasteiger charge is 2.27. The zero-order chi connectivity index (χ0) is 23.0. The van der Waals surface area contributed by atoms with E-state index in [0.29, 0.717) is 30.4 Å². The second-order valence-electron chi connectivity index (χ2n) is 7.33. The normalized spacial score (nSPS) is 15.3. The molecule has 0 spiro atoms. The van der Waals surface area contributed by atoms with E-state index in [-0.39, 0.29) is 18.4 Å². The molecule has 1 unspecified atom stereocenters. The molecular weight excluding hydrogens is 444 g/mol. The summed E-state index contributed by atoms with van der Waals surface area (Å²) in [6.07, 6.45) is 1.60. The molecule has 0 saturated carbocycles. The van der Waals surface area contributed by atoms with E-state index < -0.39 is 5.97 Å². The minimum absolute atomic E-state index is 0.219. The number of rotatable bonds is 9. The Balaban J connectivity index is 1.44. The first kappa shape index (κ1) is 22.6. The molecule has 7 nitrogen and oxygen atoms in total. The summed E-state index contributed by atoms with van der Waals surface area (Å²) in [7, 11) is 0. The molecular formula is C25H23ClN2O5.